The van der Waals surface area contributed by atoms with Crippen molar-refractivity contribution < 1.29 is 8.42 Å². The smallest absolute Gasteiger partial charge is 0.155 e. The van der Waals surface area contributed by atoms with Crippen LogP contribution in [0.4, 0.5) is 0 Å². The fourth-order valence-electron chi connectivity index (χ4n) is 1.95. The van der Waals surface area contributed by atoms with Crippen LogP contribution in [-0.2, 0) is 9.84 Å². The highest BCUT2D eigenvalue weighted by atomic mass is 32.2. The van der Waals surface area contributed by atoms with Crippen molar-refractivity contribution in [2.45, 2.75) is 45.4 Å². The molecule has 0 amide bonds. The molecular formula is C15H25NO2S. The second-order valence-electron chi connectivity index (χ2n) is 5.48. The Hall–Kier alpha value is -0.870. The van der Waals surface area contributed by atoms with E-state index in [4.69, 9.17) is 5.73 Å². The summed E-state index contributed by atoms with van der Waals surface area (Å²) in [6.07, 6.45) is 0.867. The molecule has 2 N–H and O–H groups in total. The molecular weight excluding hydrogens is 258 g/mol. The number of hydrogen-bond donors (Lipinski definition) is 1. The number of aryl methyl sites for hydroxylation is 1. The zero-order chi connectivity index (χ0) is 14.6. The number of benzene rings is 1. The molecule has 0 spiro atoms. The summed E-state index contributed by atoms with van der Waals surface area (Å²) >= 11 is 0. The van der Waals surface area contributed by atoms with Gasteiger partial charge in [-0.3, -0.25) is 0 Å². The van der Waals surface area contributed by atoms with Gasteiger partial charge in [-0.15, -0.1) is 0 Å². The van der Waals surface area contributed by atoms with Crippen molar-refractivity contribution in [2.24, 2.45) is 11.7 Å². The quantitative estimate of drug-likeness (QED) is 0.873. The molecule has 1 aromatic rings. The van der Waals surface area contributed by atoms with Gasteiger partial charge in [0.2, 0.25) is 0 Å². The molecule has 4 heteroatoms. The van der Waals surface area contributed by atoms with Gasteiger partial charge in [0.15, 0.2) is 9.84 Å². The molecule has 0 aliphatic heterocycles. The number of hydrogen-bond acceptors (Lipinski definition) is 3. The van der Waals surface area contributed by atoms with Crippen LogP contribution in [0, 0.1) is 12.8 Å². The first kappa shape index (κ1) is 16.2. The van der Waals surface area contributed by atoms with Crippen LogP contribution in [0.3, 0.4) is 0 Å². The zero-order valence-corrected chi connectivity index (χ0v) is 13.1. The summed E-state index contributed by atoms with van der Waals surface area (Å²) in [5.74, 6) is 0.391. The van der Waals surface area contributed by atoms with Gasteiger partial charge in [0.1, 0.15) is 0 Å². The third-order valence-electron chi connectivity index (χ3n) is 3.75. The van der Waals surface area contributed by atoms with Gasteiger partial charge in [-0.05, 0) is 25.3 Å². The first-order valence-corrected chi connectivity index (χ1v) is 8.53. The zero-order valence-electron chi connectivity index (χ0n) is 12.3. The second kappa shape index (κ2) is 6.53. The molecule has 0 fully saturated rings. The summed E-state index contributed by atoms with van der Waals surface area (Å²) in [5.41, 5.74) is 8.14. The molecule has 19 heavy (non-hydrogen) atoms. The van der Waals surface area contributed by atoms with Gasteiger partial charge in [0, 0.05) is 6.04 Å². The minimum atomic E-state index is -3.15. The van der Waals surface area contributed by atoms with Gasteiger partial charge in [-0.25, -0.2) is 8.42 Å². The predicted molar refractivity (Wildman–Crippen MR) is 80.8 cm³/mol. The maximum absolute atomic E-state index is 12.3. The lowest BCUT2D eigenvalue weighted by Crippen LogP contribution is -2.34. The molecule has 0 aliphatic rings. The Morgan fingerprint density at radius 2 is 1.68 bits per heavy atom. The van der Waals surface area contributed by atoms with E-state index in [1.54, 1.807) is 6.92 Å². The van der Waals surface area contributed by atoms with Crippen molar-refractivity contribution in [1.29, 1.82) is 0 Å². The Bertz CT molecular complexity index is 493. The van der Waals surface area contributed by atoms with E-state index in [9.17, 15) is 8.42 Å². The molecule has 108 valence electrons. The van der Waals surface area contributed by atoms with E-state index in [1.807, 2.05) is 45.0 Å². The Morgan fingerprint density at radius 1 is 1.16 bits per heavy atom. The molecule has 0 radical (unpaired) electrons. The van der Waals surface area contributed by atoms with Crippen molar-refractivity contribution in [3.63, 3.8) is 0 Å². The fourth-order valence-corrected chi connectivity index (χ4v) is 3.89. The summed E-state index contributed by atoms with van der Waals surface area (Å²) < 4.78 is 24.6. The lowest BCUT2D eigenvalue weighted by Gasteiger charge is -2.22. The average molecular weight is 283 g/mol. The summed E-state index contributed by atoms with van der Waals surface area (Å²) in [7, 11) is -3.15. The Labute approximate surface area is 117 Å². The molecule has 3 atom stereocenters. The lowest BCUT2D eigenvalue weighted by atomic mass is 10.0. The summed E-state index contributed by atoms with van der Waals surface area (Å²) in [5, 5.41) is -0.552. The van der Waals surface area contributed by atoms with E-state index in [0.29, 0.717) is 0 Å². The summed E-state index contributed by atoms with van der Waals surface area (Å²) in [4.78, 5) is 0. The van der Waals surface area contributed by atoms with Crippen LogP contribution in [-0.4, -0.2) is 19.4 Å². The standard InChI is InChI=1S/C15H25NO2S/c1-5-11(2)10-19(17,18)13(4)15(16)14-8-6-12(3)7-9-14/h6-9,11,13,15H,5,10,16H2,1-4H3. The number of nitrogens with two attached hydrogens (primary N) is 1. The summed E-state index contributed by atoms with van der Waals surface area (Å²) in [6, 6.07) is 7.28. The number of rotatable bonds is 6. The van der Waals surface area contributed by atoms with Crippen molar-refractivity contribution in [1.82, 2.24) is 0 Å². The van der Waals surface area contributed by atoms with Crippen LogP contribution in [0.2, 0.25) is 0 Å². The average Bonchev–Trinajstić information content (AvgIpc) is 2.37. The van der Waals surface area contributed by atoms with Crippen molar-refractivity contribution >= 4 is 9.84 Å². The van der Waals surface area contributed by atoms with Gasteiger partial charge >= 0.3 is 0 Å². The SMILES string of the molecule is CCC(C)CS(=O)(=O)C(C)C(N)c1ccc(C)cc1. The van der Waals surface area contributed by atoms with E-state index in [2.05, 4.69) is 0 Å². The minimum absolute atomic E-state index is 0.178. The van der Waals surface area contributed by atoms with Crippen LogP contribution in [0.15, 0.2) is 24.3 Å². The van der Waals surface area contributed by atoms with Crippen LogP contribution in [0.25, 0.3) is 0 Å². The molecule has 1 rings (SSSR count). The normalized spacial score (nSPS) is 16.9. The second-order valence-corrected chi connectivity index (χ2v) is 7.89. The lowest BCUT2D eigenvalue weighted by molar-refractivity contribution is 0.540. The van der Waals surface area contributed by atoms with Crippen molar-refractivity contribution in [3.05, 3.63) is 35.4 Å². The largest absolute Gasteiger partial charge is 0.323 e. The van der Waals surface area contributed by atoms with Gasteiger partial charge < -0.3 is 5.73 Å². The fraction of sp³-hybridized carbons (Fsp3) is 0.600. The maximum atomic E-state index is 12.3. The van der Waals surface area contributed by atoms with Crippen LogP contribution < -0.4 is 5.73 Å². The van der Waals surface area contributed by atoms with Crippen molar-refractivity contribution in [2.75, 3.05) is 5.75 Å². The summed E-state index contributed by atoms with van der Waals surface area (Å²) in [6.45, 7) is 7.67. The van der Waals surface area contributed by atoms with Gasteiger partial charge in [0.25, 0.3) is 0 Å². The third-order valence-corrected chi connectivity index (χ3v) is 6.21. The van der Waals surface area contributed by atoms with Gasteiger partial charge in [-0.1, -0.05) is 50.1 Å². The molecule has 3 unspecified atom stereocenters. The highest BCUT2D eigenvalue weighted by molar-refractivity contribution is 7.92. The first-order valence-electron chi connectivity index (χ1n) is 6.81. The van der Waals surface area contributed by atoms with Crippen LogP contribution in [0.5, 0.6) is 0 Å². The molecule has 0 saturated carbocycles. The first-order chi connectivity index (χ1) is 8.77. The molecule has 0 heterocycles. The molecule has 0 aliphatic carbocycles. The molecule has 0 saturated heterocycles. The van der Waals surface area contributed by atoms with E-state index >= 15 is 0 Å². The predicted octanol–water partition coefficient (Wildman–Crippen LogP) is 2.84. The van der Waals surface area contributed by atoms with Gasteiger partial charge in [-0.2, -0.15) is 0 Å². The van der Waals surface area contributed by atoms with E-state index < -0.39 is 21.1 Å². The van der Waals surface area contributed by atoms with E-state index in [1.165, 1.54) is 0 Å². The van der Waals surface area contributed by atoms with Crippen LogP contribution >= 0.6 is 0 Å². The van der Waals surface area contributed by atoms with Crippen LogP contribution in [0.1, 0.15) is 44.4 Å². The topological polar surface area (TPSA) is 60.2 Å². The molecule has 0 bridgehead atoms. The molecule has 1 aromatic carbocycles. The van der Waals surface area contributed by atoms with E-state index in [-0.39, 0.29) is 11.7 Å². The van der Waals surface area contributed by atoms with E-state index in [0.717, 1.165) is 17.5 Å². The Kier molecular flexibility index (Phi) is 5.56. The maximum Gasteiger partial charge on any atom is 0.155 e. The van der Waals surface area contributed by atoms with Gasteiger partial charge in [0.05, 0.1) is 11.0 Å². The Morgan fingerprint density at radius 3 is 2.16 bits per heavy atom. The minimum Gasteiger partial charge on any atom is -0.323 e. The molecule has 3 nitrogen and oxygen atoms in total. The monoisotopic (exact) mass is 283 g/mol. The number of sulfone groups is 1. The third kappa shape index (κ3) is 4.32. The molecule has 0 aromatic heterocycles. The van der Waals surface area contributed by atoms with Crippen molar-refractivity contribution in [3.8, 4) is 0 Å². The Balaban J connectivity index is 2.87. The highest BCUT2D eigenvalue weighted by Crippen LogP contribution is 2.22. The highest BCUT2D eigenvalue weighted by Gasteiger charge is 2.29.